The maximum Gasteiger partial charge on any atom is 0.328 e. The van der Waals surface area contributed by atoms with Crippen molar-refractivity contribution in [3.63, 3.8) is 0 Å². The molecule has 0 bridgehead atoms. The second-order valence-corrected chi connectivity index (χ2v) is 4.18. The van der Waals surface area contributed by atoms with Gasteiger partial charge in [0, 0.05) is 18.7 Å². The number of likely N-dealkylation sites (tertiary alicyclic amines) is 1. The van der Waals surface area contributed by atoms with Crippen molar-refractivity contribution in [1.29, 1.82) is 0 Å². The zero-order valence-electron chi connectivity index (χ0n) is 9.44. The first kappa shape index (κ1) is 12.2. The lowest BCUT2D eigenvalue weighted by atomic mass is 9.90. The molecule has 0 spiro atoms. The van der Waals surface area contributed by atoms with Gasteiger partial charge in [-0.05, 0) is 39.4 Å². The summed E-state index contributed by atoms with van der Waals surface area (Å²) in [6.45, 7) is 2.19. The highest BCUT2D eigenvalue weighted by Gasteiger charge is 2.22. The first-order chi connectivity index (χ1) is 7.13. The molecule has 0 amide bonds. The average molecular weight is 212 g/mol. The van der Waals surface area contributed by atoms with Gasteiger partial charge in [0.1, 0.15) is 0 Å². The fourth-order valence-electron chi connectivity index (χ4n) is 2.17. The van der Waals surface area contributed by atoms with E-state index in [0.29, 0.717) is 5.92 Å². The number of carboxylic acids is 1. The van der Waals surface area contributed by atoms with Crippen LogP contribution in [0.4, 0.5) is 0 Å². The summed E-state index contributed by atoms with van der Waals surface area (Å²) in [4.78, 5) is 12.7. The van der Waals surface area contributed by atoms with Crippen molar-refractivity contribution in [2.75, 3.05) is 27.2 Å². The molecule has 2 unspecified atom stereocenters. The largest absolute Gasteiger partial charge is 0.478 e. The summed E-state index contributed by atoms with van der Waals surface area (Å²) >= 11 is 0. The van der Waals surface area contributed by atoms with Crippen LogP contribution < -0.4 is 5.32 Å². The van der Waals surface area contributed by atoms with Gasteiger partial charge in [-0.2, -0.15) is 0 Å². The Bertz CT molecular complexity index is 241. The van der Waals surface area contributed by atoms with Crippen molar-refractivity contribution < 1.29 is 9.90 Å². The molecule has 0 aromatic heterocycles. The molecular weight excluding hydrogens is 192 g/mol. The molecule has 0 aromatic rings. The summed E-state index contributed by atoms with van der Waals surface area (Å²) < 4.78 is 0. The van der Waals surface area contributed by atoms with Crippen molar-refractivity contribution in [1.82, 2.24) is 10.2 Å². The Labute approximate surface area is 91.0 Å². The van der Waals surface area contributed by atoms with E-state index in [4.69, 9.17) is 5.11 Å². The van der Waals surface area contributed by atoms with E-state index < -0.39 is 5.97 Å². The zero-order chi connectivity index (χ0) is 11.3. The van der Waals surface area contributed by atoms with Crippen molar-refractivity contribution in [2.24, 2.45) is 5.92 Å². The predicted octanol–water partition coefficient (Wildman–Crippen LogP) is 0.557. The Morgan fingerprint density at radius 2 is 2.40 bits per heavy atom. The SMILES string of the molecule is CNC(/C=C/C(=O)O)C1CCCN(C)C1. The van der Waals surface area contributed by atoms with Gasteiger partial charge in [0.05, 0.1) is 0 Å². The van der Waals surface area contributed by atoms with Crippen LogP contribution in [-0.4, -0.2) is 49.2 Å². The Morgan fingerprint density at radius 3 is 2.93 bits per heavy atom. The van der Waals surface area contributed by atoms with Gasteiger partial charge in [0.25, 0.3) is 0 Å². The van der Waals surface area contributed by atoms with Crippen molar-refractivity contribution in [3.05, 3.63) is 12.2 Å². The van der Waals surface area contributed by atoms with Crippen LogP contribution in [0.25, 0.3) is 0 Å². The summed E-state index contributed by atoms with van der Waals surface area (Å²) in [5.74, 6) is -0.358. The molecule has 0 saturated carbocycles. The number of carbonyl (C=O) groups is 1. The van der Waals surface area contributed by atoms with Gasteiger partial charge in [-0.15, -0.1) is 0 Å². The number of hydrogen-bond donors (Lipinski definition) is 2. The van der Waals surface area contributed by atoms with Crippen LogP contribution in [0, 0.1) is 5.92 Å². The van der Waals surface area contributed by atoms with Crippen LogP contribution in [0.1, 0.15) is 12.8 Å². The molecule has 0 aliphatic carbocycles. The highest BCUT2D eigenvalue weighted by atomic mass is 16.4. The van der Waals surface area contributed by atoms with Gasteiger partial charge >= 0.3 is 5.97 Å². The molecule has 15 heavy (non-hydrogen) atoms. The van der Waals surface area contributed by atoms with Crippen molar-refractivity contribution in [2.45, 2.75) is 18.9 Å². The highest BCUT2D eigenvalue weighted by molar-refractivity contribution is 5.79. The Balaban J connectivity index is 2.53. The van der Waals surface area contributed by atoms with Gasteiger partial charge in [-0.25, -0.2) is 4.79 Å². The molecule has 1 saturated heterocycles. The quantitative estimate of drug-likeness (QED) is 0.668. The van der Waals surface area contributed by atoms with Gasteiger partial charge in [-0.3, -0.25) is 0 Å². The number of nitrogens with one attached hydrogen (secondary N) is 1. The third kappa shape index (κ3) is 4.01. The molecule has 86 valence electrons. The Morgan fingerprint density at radius 1 is 1.67 bits per heavy atom. The summed E-state index contributed by atoms with van der Waals surface area (Å²) in [5.41, 5.74) is 0. The van der Waals surface area contributed by atoms with Crippen LogP contribution in [0.5, 0.6) is 0 Å². The third-order valence-corrected chi connectivity index (χ3v) is 2.95. The summed E-state index contributed by atoms with van der Waals surface area (Å²) in [5, 5.41) is 11.8. The molecule has 0 aromatic carbocycles. The predicted molar refractivity (Wildman–Crippen MR) is 59.8 cm³/mol. The molecule has 0 radical (unpaired) electrons. The van der Waals surface area contributed by atoms with E-state index in [9.17, 15) is 4.79 Å². The fourth-order valence-corrected chi connectivity index (χ4v) is 2.17. The normalized spacial score (nSPS) is 25.6. The first-order valence-corrected chi connectivity index (χ1v) is 5.40. The number of carboxylic acid groups (broad SMARTS) is 1. The number of hydrogen-bond acceptors (Lipinski definition) is 3. The van der Waals surface area contributed by atoms with Crippen molar-refractivity contribution in [3.8, 4) is 0 Å². The monoisotopic (exact) mass is 212 g/mol. The lowest BCUT2D eigenvalue weighted by molar-refractivity contribution is -0.131. The molecule has 2 N–H and O–H groups in total. The summed E-state index contributed by atoms with van der Waals surface area (Å²) in [6, 6.07) is 0.170. The van der Waals surface area contributed by atoms with E-state index in [1.165, 1.54) is 18.9 Å². The smallest absolute Gasteiger partial charge is 0.328 e. The molecule has 1 aliphatic heterocycles. The minimum Gasteiger partial charge on any atom is -0.478 e. The Kier molecular flexibility index (Phi) is 4.78. The molecular formula is C11H20N2O2. The number of nitrogens with zero attached hydrogens (tertiary/aromatic N) is 1. The van der Waals surface area contributed by atoms with E-state index in [2.05, 4.69) is 17.3 Å². The standard InChI is InChI=1S/C11H20N2O2/c1-12-10(5-6-11(14)15)9-4-3-7-13(2)8-9/h5-6,9-10,12H,3-4,7-8H2,1-2H3,(H,14,15)/b6-5+. The van der Waals surface area contributed by atoms with Crippen LogP contribution in [-0.2, 0) is 4.79 Å². The molecule has 2 atom stereocenters. The second-order valence-electron chi connectivity index (χ2n) is 4.18. The van der Waals surface area contributed by atoms with Gasteiger partial charge in [0.15, 0.2) is 0 Å². The molecule has 1 rings (SSSR count). The Hall–Kier alpha value is -0.870. The summed E-state index contributed by atoms with van der Waals surface area (Å²) in [6.07, 6.45) is 5.35. The van der Waals surface area contributed by atoms with E-state index in [1.54, 1.807) is 6.08 Å². The second kappa shape index (κ2) is 5.88. The lowest BCUT2D eigenvalue weighted by Gasteiger charge is -2.33. The molecule has 1 aliphatic rings. The first-order valence-electron chi connectivity index (χ1n) is 5.40. The topological polar surface area (TPSA) is 52.6 Å². The molecule has 4 nitrogen and oxygen atoms in total. The fraction of sp³-hybridized carbons (Fsp3) is 0.727. The maximum atomic E-state index is 10.4. The van der Waals surface area contributed by atoms with Gasteiger partial charge in [0.2, 0.25) is 0 Å². The lowest BCUT2D eigenvalue weighted by Crippen LogP contribution is -2.42. The molecule has 1 heterocycles. The summed E-state index contributed by atoms with van der Waals surface area (Å²) in [7, 11) is 3.99. The van der Waals surface area contributed by atoms with E-state index >= 15 is 0 Å². The van der Waals surface area contributed by atoms with Crippen LogP contribution in [0.15, 0.2) is 12.2 Å². The number of likely N-dealkylation sites (N-methyl/N-ethyl adjacent to an activating group) is 1. The molecule has 4 heteroatoms. The van der Waals surface area contributed by atoms with Crippen LogP contribution in [0.3, 0.4) is 0 Å². The maximum absolute atomic E-state index is 10.4. The van der Waals surface area contributed by atoms with E-state index in [-0.39, 0.29) is 6.04 Å². The third-order valence-electron chi connectivity index (χ3n) is 2.95. The number of aliphatic carboxylic acids is 1. The number of piperidine rings is 1. The van der Waals surface area contributed by atoms with E-state index in [0.717, 1.165) is 13.1 Å². The molecule has 1 fully saturated rings. The van der Waals surface area contributed by atoms with Crippen molar-refractivity contribution >= 4 is 5.97 Å². The minimum atomic E-state index is -0.876. The zero-order valence-corrected chi connectivity index (χ0v) is 9.44. The van der Waals surface area contributed by atoms with Gasteiger partial charge < -0.3 is 15.3 Å². The average Bonchev–Trinajstić information content (AvgIpc) is 2.18. The van der Waals surface area contributed by atoms with Gasteiger partial charge in [-0.1, -0.05) is 6.08 Å². The number of rotatable bonds is 4. The minimum absolute atomic E-state index is 0.170. The van der Waals surface area contributed by atoms with Crippen LogP contribution in [0.2, 0.25) is 0 Å². The highest BCUT2D eigenvalue weighted by Crippen LogP contribution is 2.19. The van der Waals surface area contributed by atoms with Crippen LogP contribution >= 0.6 is 0 Å². The van der Waals surface area contributed by atoms with E-state index in [1.807, 2.05) is 7.05 Å².